The molecule has 1 unspecified atom stereocenters. The van der Waals surface area contributed by atoms with Crippen LogP contribution < -0.4 is 5.32 Å². The van der Waals surface area contributed by atoms with Crippen LogP contribution in [0.25, 0.3) is 0 Å². The van der Waals surface area contributed by atoms with Crippen molar-refractivity contribution in [2.24, 2.45) is 5.92 Å². The van der Waals surface area contributed by atoms with Crippen LogP contribution in [-0.2, 0) is 0 Å². The van der Waals surface area contributed by atoms with Crippen molar-refractivity contribution >= 4 is 0 Å². The highest BCUT2D eigenvalue weighted by Gasteiger charge is 2.21. The van der Waals surface area contributed by atoms with Crippen LogP contribution in [0.15, 0.2) is 0 Å². The van der Waals surface area contributed by atoms with E-state index in [1.54, 1.807) is 0 Å². The Labute approximate surface area is 108 Å². The minimum Gasteiger partial charge on any atom is -0.316 e. The van der Waals surface area contributed by atoms with E-state index in [0.29, 0.717) is 0 Å². The van der Waals surface area contributed by atoms with E-state index in [9.17, 15) is 0 Å². The number of hydrogen-bond donors (Lipinski definition) is 1. The van der Waals surface area contributed by atoms with E-state index in [0.717, 1.165) is 18.5 Å². The third-order valence-corrected chi connectivity index (χ3v) is 3.71. The summed E-state index contributed by atoms with van der Waals surface area (Å²) < 4.78 is 0. The molecule has 1 saturated heterocycles. The van der Waals surface area contributed by atoms with Crippen molar-refractivity contribution in [3.05, 3.63) is 0 Å². The summed E-state index contributed by atoms with van der Waals surface area (Å²) >= 11 is 0. The molecule has 102 valence electrons. The molecule has 17 heavy (non-hydrogen) atoms. The first-order valence-electron chi connectivity index (χ1n) is 7.26. The summed E-state index contributed by atoms with van der Waals surface area (Å²) in [6, 6.07) is 0.771. The molecule has 0 spiro atoms. The van der Waals surface area contributed by atoms with Gasteiger partial charge in [-0.3, -0.25) is 0 Å². The second kappa shape index (κ2) is 8.06. The second-order valence-electron chi connectivity index (χ2n) is 5.79. The maximum Gasteiger partial charge on any atom is 0.0218 e. The third-order valence-electron chi connectivity index (χ3n) is 3.71. The summed E-state index contributed by atoms with van der Waals surface area (Å²) in [5, 5.41) is 3.52. The van der Waals surface area contributed by atoms with Gasteiger partial charge in [0, 0.05) is 25.7 Å². The minimum atomic E-state index is 0.767. The van der Waals surface area contributed by atoms with E-state index in [4.69, 9.17) is 0 Å². The van der Waals surface area contributed by atoms with Gasteiger partial charge in [-0.15, -0.1) is 0 Å². The van der Waals surface area contributed by atoms with Gasteiger partial charge < -0.3 is 15.1 Å². The number of rotatable bonds is 7. The minimum absolute atomic E-state index is 0.767. The highest BCUT2D eigenvalue weighted by atomic mass is 15.3. The Morgan fingerprint density at radius 1 is 1.29 bits per heavy atom. The molecular weight excluding hydrogens is 210 g/mol. The van der Waals surface area contributed by atoms with Crippen LogP contribution in [0.3, 0.4) is 0 Å². The van der Waals surface area contributed by atoms with Crippen molar-refractivity contribution in [2.75, 3.05) is 46.3 Å². The molecule has 1 aliphatic rings. The van der Waals surface area contributed by atoms with Gasteiger partial charge in [0.2, 0.25) is 0 Å². The fourth-order valence-electron chi connectivity index (χ4n) is 2.47. The fourth-order valence-corrected chi connectivity index (χ4v) is 2.47. The molecule has 1 N–H and O–H groups in total. The topological polar surface area (TPSA) is 18.5 Å². The highest BCUT2D eigenvalue weighted by molar-refractivity contribution is 4.78. The van der Waals surface area contributed by atoms with Gasteiger partial charge in [-0.25, -0.2) is 0 Å². The zero-order valence-corrected chi connectivity index (χ0v) is 12.2. The Kier molecular flexibility index (Phi) is 7.09. The van der Waals surface area contributed by atoms with Crippen LogP contribution in [0.4, 0.5) is 0 Å². The fraction of sp³-hybridized carbons (Fsp3) is 1.00. The number of likely N-dealkylation sites (N-methyl/N-ethyl adjacent to an activating group) is 1. The Morgan fingerprint density at radius 2 is 2.06 bits per heavy atom. The molecule has 0 amide bonds. The van der Waals surface area contributed by atoms with Gasteiger partial charge in [-0.05, 0) is 45.4 Å². The first kappa shape index (κ1) is 14.9. The van der Waals surface area contributed by atoms with Crippen LogP contribution in [0.2, 0.25) is 0 Å². The molecule has 1 aliphatic heterocycles. The van der Waals surface area contributed by atoms with Crippen molar-refractivity contribution in [1.82, 2.24) is 15.1 Å². The van der Waals surface area contributed by atoms with E-state index in [1.807, 2.05) is 0 Å². The second-order valence-corrected chi connectivity index (χ2v) is 5.79. The lowest BCUT2D eigenvalue weighted by atomic mass is 10.1. The number of piperazine rings is 1. The van der Waals surface area contributed by atoms with Crippen molar-refractivity contribution in [3.63, 3.8) is 0 Å². The normalized spacial score (nSPS) is 23.5. The van der Waals surface area contributed by atoms with Crippen molar-refractivity contribution in [2.45, 2.75) is 39.7 Å². The van der Waals surface area contributed by atoms with Gasteiger partial charge in [0.25, 0.3) is 0 Å². The first-order valence-corrected chi connectivity index (χ1v) is 7.26. The molecule has 1 rings (SSSR count). The Morgan fingerprint density at radius 3 is 2.71 bits per heavy atom. The molecule has 3 nitrogen and oxygen atoms in total. The standard InChI is InChI=1S/C14H31N3/c1-5-14-12-17(10-9-16(14)4)8-6-7-15-11-13(2)3/h13-15H,5-12H2,1-4H3. The molecule has 0 bridgehead atoms. The highest BCUT2D eigenvalue weighted by Crippen LogP contribution is 2.10. The van der Waals surface area contributed by atoms with E-state index >= 15 is 0 Å². The lowest BCUT2D eigenvalue weighted by Gasteiger charge is -2.39. The Bertz CT molecular complexity index is 194. The van der Waals surface area contributed by atoms with Crippen LogP contribution in [0.1, 0.15) is 33.6 Å². The summed E-state index contributed by atoms with van der Waals surface area (Å²) in [5.41, 5.74) is 0. The van der Waals surface area contributed by atoms with Crippen LogP contribution in [0, 0.1) is 5.92 Å². The number of nitrogens with one attached hydrogen (secondary N) is 1. The van der Waals surface area contributed by atoms with Gasteiger partial charge in [0.1, 0.15) is 0 Å². The van der Waals surface area contributed by atoms with Gasteiger partial charge in [0.15, 0.2) is 0 Å². The molecule has 3 heteroatoms. The molecule has 0 aromatic carbocycles. The number of nitrogens with zero attached hydrogens (tertiary/aromatic N) is 2. The molecule has 1 fully saturated rings. The van der Waals surface area contributed by atoms with Gasteiger partial charge in [-0.2, -0.15) is 0 Å². The summed E-state index contributed by atoms with van der Waals surface area (Å²) in [7, 11) is 2.26. The predicted octanol–water partition coefficient (Wildman–Crippen LogP) is 1.65. The summed E-state index contributed by atoms with van der Waals surface area (Å²) in [6.07, 6.45) is 2.56. The van der Waals surface area contributed by atoms with Crippen molar-refractivity contribution in [1.29, 1.82) is 0 Å². The Balaban J connectivity index is 2.07. The lowest BCUT2D eigenvalue weighted by Crippen LogP contribution is -2.51. The predicted molar refractivity (Wildman–Crippen MR) is 75.5 cm³/mol. The van der Waals surface area contributed by atoms with Gasteiger partial charge in [-0.1, -0.05) is 20.8 Å². The lowest BCUT2D eigenvalue weighted by molar-refractivity contribution is 0.0925. The summed E-state index contributed by atoms with van der Waals surface area (Å²) in [4.78, 5) is 5.14. The van der Waals surface area contributed by atoms with E-state index in [2.05, 4.69) is 42.9 Å². The van der Waals surface area contributed by atoms with E-state index < -0.39 is 0 Å². The maximum absolute atomic E-state index is 3.52. The first-order chi connectivity index (χ1) is 8.13. The number of hydrogen-bond acceptors (Lipinski definition) is 3. The quantitative estimate of drug-likeness (QED) is 0.684. The van der Waals surface area contributed by atoms with Crippen molar-refractivity contribution in [3.8, 4) is 0 Å². The maximum atomic E-state index is 3.52. The molecular formula is C14H31N3. The average molecular weight is 241 g/mol. The largest absolute Gasteiger partial charge is 0.316 e. The van der Waals surface area contributed by atoms with Gasteiger partial charge in [0.05, 0.1) is 0 Å². The molecule has 0 aliphatic carbocycles. The molecule has 0 radical (unpaired) electrons. The molecule has 1 atom stereocenters. The van der Waals surface area contributed by atoms with Crippen LogP contribution >= 0.6 is 0 Å². The summed E-state index contributed by atoms with van der Waals surface area (Å²) in [5.74, 6) is 0.767. The monoisotopic (exact) mass is 241 g/mol. The molecule has 0 aromatic heterocycles. The molecule has 1 heterocycles. The van der Waals surface area contributed by atoms with Crippen molar-refractivity contribution < 1.29 is 0 Å². The van der Waals surface area contributed by atoms with Gasteiger partial charge >= 0.3 is 0 Å². The summed E-state index contributed by atoms with van der Waals surface area (Å²) in [6.45, 7) is 14.1. The van der Waals surface area contributed by atoms with E-state index in [-0.39, 0.29) is 0 Å². The van der Waals surface area contributed by atoms with E-state index in [1.165, 1.54) is 45.6 Å². The SMILES string of the molecule is CCC1CN(CCCNCC(C)C)CCN1C. The van der Waals surface area contributed by atoms with Crippen LogP contribution in [-0.4, -0.2) is 62.2 Å². The zero-order chi connectivity index (χ0) is 12.7. The Hall–Kier alpha value is -0.120. The van der Waals surface area contributed by atoms with Crippen LogP contribution in [0.5, 0.6) is 0 Å². The zero-order valence-electron chi connectivity index (χ0n) is 12.2. The third kappa shape index (κ3) is 5.84. The molecule has 0 saturated carbocycles. The average Bonchev–Trinajstić information content (AvgIpc) is 2.30. The molecule has 0 aromatic rings. The smallest absolute Gasteiger partial charge is 0.0218 e.